The van der Waals surface area contributed by atoms with Crippen LogP contribution in [0.1, 0.15) is 17.0 Å². The average Bonchev–Trinajstić information content (AvgIpc) is 3.12. The Morgan fingerprint density at radius 1 is 1.33 bits per heavy atom. The van der Waals surface area contributed by atoms with E-state index in [2.05, 4.69) is 31.1 Å². The number of aliphatic carboxylic acids is 1. The number of aromatic nitrogens is 3. The van der Waals surface area contributed by atoms with Gasteiger partial charge in [0, 0.05) is 5.02 Å². The molecule has 1 aromatic heterocycles. The molecule has 0 radical (unpaired) electrons. The van der Waals surface area contributed by atoms with E-state index in [1.807, 2.05) is 12.1 Å². The Labute approximate surface area is 190 Å². The molecular formula is C20H17BrClN3O4S. The van der Waals surface area contributed by atoms with Crippen molar-refractivity contribution in [3.63, 3.8) is 0 Å². The van der Waals surface area contributed by atoms with Gasteiger partial charge in [-0.15, -0.1) is 5.10 Å². The van der Waals surface area contributed by atoms with Gasteiger partial charge in [-0.1, -0.05) is 23.7 Å². The van der Waals surface area contributed by atoms with E-state index in [9.17, 15) is 9.90 Å². The molecule has 10 heteroatoms. The van der Waals surface area contributed by atoms with Crippen LogP contribution in [0.4, 0.5) is 0 Å². The summed E-state index contributed by atoms with van der Waals surface area (Å²) in [6, 6.07) is 10.8. The maximum absolute atomic E-state index is 11.7. The Balaban J connectivity index is 1.84. The van der Waals surface area contributed by atoms with Gasteiger partial charge in [0.1, 0.15) is 17.3 Å². The first-order chi connectivity index (χ1) is 14.4. The average molecular weight is 511 g/mol. The number of methoxy groups -OCH3 is 1. The van der Waals surface area contributed by atoms with Crippen molar-refractivity contribution in [2.45, 2.75) is 18.7 Å². The van der Waals surface area contributed by atoms with Gasteiger partial charge in [0.15, 0.2) is 11.5 Å². The van der Waals surface area contributed by atoms with Crippen molar-refractivity contribution in [1.82, 2.24) is 15.2 Å². The van der Waals surface area contributed by atoms with Crippen LogP contribution in [0.3, 0.4) is 0 Å². The molecule has 0 unspecified atom stereocenters. The van der Waals surface area contributed by atoms with Crippen molar-refractivity contribution in [2.75, 3.05) is 7.11 Å². The summed E-state index contributed by atoms with van der Waals surface area (Å²) in [6.07, 6.45) is 1.52. The van der Waals surface area contributed by atoms with Crippen LogP contribution in [-0.4, -0.2) is 33.4 Å². The Bertz CT molecular complexity index is 1090. The number of thioether (sulfide) groups is 1. The number of H-pyrrole nitrogens is 1. The Morgan fingerprint density at radius 2 is 2.07 bits per heavy atom. The third kappa shape index (κ3) is 5.78. The number of nitrogens with one attached hydrogen (secondary N) is 1. The van der Waals surface area contributed by atoms with Crippen molar-refractivity contribution < 1.29 is 19.4 Å². The number of hydrogen-bond acceptors (Lipinski definition) is 6. The molecule has 0 spiro atoms. The molecule has 1 heterocycles. The number of benzene rings is 2. The van der Waals surface area contributed by atoms with Crippen molar-refractivity contribution in [2.24, 2.45) is 0 Å². The highest BCUT2D eigenvalue weighted by atomic mass is 79.9. The minimum Gasteiger partial charge on any atom is -0.493 e. The summed E-state index contributed by atoms with van der Waals surface area (Å²) in [7, 11) is 1.52. The van der Waals surface area contributed by atoms with Crippen LogP contribution in [0, 0.1) is 6.92 Å². The zero-order chi connectivity index (χ0) is 21.7. The van der Waals surface area contributed by atoms with Crippen molar-refractivity contribution >= 4 is 51.3 Å². The fourth-order valence-corrected chi connectivity index (χ4v) is 3.90. The van der Waals surface area contributed by atoms with Crippen molar-refractivity contribution in [1.29, 1.82) is 0 Å². The molecule has 0 aliphatic carbocycles. The Kier molecular flexibility index (Phi) is 7.41. The highest BCUT2D eigenvalue weighted by Crippen LogP contribution is 2.38. The van der Waals surface area contributed by atoms with Crippen LogP contribution < -0.4 is 9.47 Å². The third-order valence-corrected chi connectivity index (χ3v) is 5.55. The Morgan fingerprint density at radius 3 is 2.67 bits per heavy atom. The maximum Gasteiger partial charge on any atom is 0.342 e. The van der Waals surface area contributed by atoms with Gasteiger partial charge in [-0.2, -0.15) is 0 Å². The highest BCUT2D eigenvalue weighted by Gasteiger charge is 2.16. The number of carbonyl (C=O) groups is 1. The van der Waals surface area contributed by atoms with E-state index >= 15 is 0 Å². The highest BCUT2D eigenvalue weighted by molar-refractivity contribution is 9.10. The van der Waals surface area contributed by atoms with Crippen LogP contribution >= 0.6 is 39.3 Å². The van der Waals surface area contributed by atoms with Gasteiger partial charge < -0.3 is 14.6 Å². The van der Waals surface area contributed by atoms with Gasteiger partial charge in [-0.05, 0) is 76.1 Å². The molecular weight excluding hydrogens is 494 g/mol. The summed E-state index contributed by atoms with van der Waals surface area (Å²) in [5.41, 5.74) is 1.57. The van der Waals surface area contributed by atoms with Crippen LogP contribution in [-0.2, 0) is 11.4 Å². The zero-order valence-electron chi connectivity index (χ0n) is 16.0. The molecule has 2 aromatic carbocycles. The SMILES string of the molecule is COc1cc(/C=C(\Sc2n[nH]c(C)n2)C(=O)O)cc(Br)c1OCc1ccc(Cl)cc1. The van der Waals surface area contributed by atoms with Gasteiger partial charge in [0.2, 0.25) is 5.16 Å². The van der Waals surface area contributed by atoms with Gasteiger partial charge in [-0.3, -0.25) is 5.10 Å². The molecule has 7 nitrogen and oxygen atoms in total. The van der Waals surface area contributed by atoms with Gasteiger partial charge >= 0.3 is 5.97 Å². The summed E-state index contributed by atoms with van der Waals surface area (Å²) in [6.45, 7) is 2.06. The number of ether oxygens (including phenoxy) is 2. The van der Waals surface area contributed by atoms with E-state index in [4.69, 9.17) is 21.1 Å². The maximum atomic E-state index is 11.7. The second kappa shape index (κ2) is 10.0. The van der Waals surface area contributed by atoms with Gasteiger partial charge in [0.25, 0.3) is 0 Å². The van der Waals surface area contributed by atoms with Gasteiger partial charge in [-0.25, -0.2) is 9.78 Å². The summed E-state index contributed by atoms with van der Waals surface area (Å²) in [5, 5.41) is 17.2. The van der Waals surface area contributed by atoms with E-state index in [-0.39, 0.29) is 4.91 Å². The van der Waals surface area contributed by atoms with Gasteiger partial charge in [0.05, 0.1) is 11.6 Å². The Hall–Kier alpha value is -2.49. The number of carboxylic acid groups (broad SMARTS) is 1. The molecule has 3 aromatic rings. The standard InChI is InChI=1S/C20H17BrClN3O4S/c1-11-23-20(25-24-11)30-17(19(26)27)9-13-7-15(21)18(16(8-13)28-2)29-10-12-3-5-14(22)6-4-12/h3-9H,10H2,1-2H3,(H,26,27)(H,23,24,25)/b17-9-. The van der Waals surface area contributed by atoms with Crippen LogP contribution in [0.15, 0.2) is 50.9 Å². The molecule has 0 atom stereocenters. The molecule has 0 amide bonds. The first-order valence-electron chi connectivity index (χ1n) is 8.62. The van der Waals surface area contributed by atoms with E-state index in [0.717, 1.165) is 17.3 Å². The molecule has 2 N–H and O–H groups in total. The normalized spacial score (nSPS) is 11.4. The molecule has 30 heavy (non-hydrogen) atoms. The lowest BCUT2D eigenvalue weighted by molar-refractivity contribution is -0.131. The molecule has 0 aliphatic heterocycles. The van der Waals surface area contributed by atoms with Crippen LogP contribution in [0.25, 0.3) is 6.08 Å². The number of hydrogen-bond donors (Lipinski definition) is 2. The fraction of sp³-hybridized carbons (Fsp3) is 0.150. The second-order valence-electron chi connectivity index (χ2n) is 6.07. The molecule has 0 bridgehead atoms. The molecule has 0 fully saturated rings. The number of carboxylic acids is 1. The number of halogens is 2. The minimum absolute atomic E-state index is 0.0674. The first-order valence-corrected chi connectivity index (χ1v) is 10.6. The van der Waals surface area contributed by atoms with Crippen LogP contribution in [0.5, 0.6) is 11.5 Å². The molecule has 156 valence electrons. The lowest BCUT2D eigenvalue weighted by Gasteiger charge is -2.14. The predicted octanol–water partition coefficient (Wildman–Crippen LogP) is 5.33. The van der Waals surface area contributed by atoms with Crippen molar-refractivity contribution in [3.8, 4) is 11.5 Å². The number of aryl methyl sites for hydroxylation is 1. The molecule has 3 rings (SSSR count). The molecule has 0 saturated carbocycles. The summed E-state index contributed by atoms with van der Waals surface area (Å²) in [5.74, 6) is 0.501. The molecule has 0 aliphatic rings. The summed E-state index contributed by atoms with van der Waals surface area (Å²) >= 11 is 10.3. The topological polar surface area (TPSA) is 97.3 Å². The quantitative estimate of drug-likeness (QED) is 0.312. The number of rotatable bonds is 8. The first kappa shape index (κ1) is 22.2. The summed E-state index contributed by atoms with van der Waals surface area (Å²) in [4.78, 5) is 15.9. The molecule has 0 saturated heterocycles. The van der Waals surface area contributed by atoms with E-state index < -0.39 is 5.97 Å². The number of nitrogens with zero attached hydrogens (tertiary/aromatic N) is 2. The fourth-order valence-electron chi connectivity index (χ4n) is 2.45. The lowest BCUT2D eigenvalue weighted by atomic mass is 10.2. The summed E-state index contributed by atoms with van der Waals surface area (Å²) < 4.78 is 12.0. The van der Waals surface area contributed by atoms with Crippen molar-refractivity contribution in [3.05, 3.63) is 67.7 Å². The predicted molar refractivity (Wildman–Crippen MR) is 119 cm³/mol. The smallest absolute Gasteiger partial charge is 0.342 e. The largest absolute Gasteiger partial charge is 0.493 e. The lowest BCUT2D eigenvalue weighted by Crippen LogP contribution is -2.00. The van der Waals surface area contributed by atoms with Crippen LogP contribution in [0.2, 0.25) is 5.02 Å². The van der Waals surface area contributed by atoms with E-state index in [0.29, 0.717) is 44.1 Å². The second-order valence-corrected chi connectivity index (χ2v) is 8.37. The van der Waals surface area contributed by atoms with E-state index in [1.54, 1.807) is 31.2 Å². The third-order valence-electron chi connectivity index (χ3n) is 3.83. The minimum atomic E-state index is -1.08. The monoisotopic (exact) mass is 509 g/mol. The zero-order valence-corrected chi connectivity index (χ0v) is 19.1. The number of aromatic amines is 1. The van der Waals surface area contributed by atoms with E-state index in [1.165, 1.54) is 13.2 Å².